The first kappa shape index (κ1) is 10.2. The molecule has 0 saturated heterocycles. The summed E-state index contributed by atoms with van der Waals surface area (Å²) in [4.78, 5) is 1.07. The van der Waals surface area contributed by atoms with Crippen LogP contribution in [-0.4, -0.2) is 17.5 Å². The van der Waals surface area contributed by atoms with Gasteiger partial charge in [0.25, 0.3) is 0 Å². The third-order valence-corrected chi connectivity index (χ3v) is 3.85. The molecule has 1 aliphatic rings. The van der Waals surface area contributed by atoms with Crippen molar-refractivity contribution in [2.24, 2.45) is 0 Å². The Hall–Kier alpha value is -0.320. The first-order chi connectivity index (χ1) is 6.81. The molecule has 78 valence electrons. The molecule has 0 unspecified atom stereocenters. The van der Waals surface area contributed by atoms with Gasteiger partial charge < -0.3 is 10.1 Å². The zero-order valence-corrected chi connectivity index (χ0v) is 9.62. The Kier molecular flexibility index (Phi) is 3.26. The Morgan fingerprint density at radius 1 is 1.64 bits per heavy atom. The minimum Gasteiger partial charge on any atom is -0.479 e. The quantitative estimate of drug-likeness (QED) is 0.866. The Labute approximate surface area is 92.6 Å². The van der Waals surface area contributed by atoms with E-state index in [1.807, 2.05) is 0 Å². The van der Waals surface area contributed by atoms with Crippen LogP contribution in [0.25, 0.3) is 0 Å². The summed E-state index contributed by atoms with van der Waals surface area (Å²) in [5.41, 5.74) is 0. The molecule has 0 bridgehead atoms. The number of ether oxygens (including phenoxy) is 1. The summed E-state index contributed by atoms with van der Waals surface area (Å²) in [6, 6.07) is 0.680. The summed E-state index contributed by atoms with van der Waals surface area (Å²) in [5, 5.41) is 4.10. The Balaban J connectivity index is 1.91. The van der Waals surface area contributed by atoms with E-state index in [0.29, 0.717) is 16.9 Å². The van der Waals surface area contributed by atoms with Gasteiger partial charge in [-0.2, -0.15) is 4.37 Å². The highest BCUT2D eigenvalue weighted by molar-refractivity contribution is 7.06. The van der Waals surface area contributed by atoms with Crippen LogP contribution in [0.15, 0.2) is 0 Å². The summed E-state index contributed by atoms with van der Waals surface area (Å²) in [6.45, 7) is 0.810. The van der Waals surface area contributed by atoms with E-state index in [1.54, 1.807) is 7.11 Å². The number of halogens is 1. The van der Waals surface area contributed by atoms with Crippen molar-refractivity contribution in [3.05, 3.63) is 9.90 Å². The van der Waals surface area contributed by atoms with Crippen molar-refractivity contribution in [1.82, 2.24) is 9.69 Å². The fraction of sp³-hybridized carbons (Fsp3) is 0.667. The SMILES string of the molecule is COc1nsc(CNC2CCC2)c1Cl. The molecular formula is C9H13ClN2OS. The van der Waals surface area contributed by atoms with Gasteiger partial charge in [0.2, 0.25) is 5.88 Å². The molecular weight excluding hydrogens is 220 g/mol. The topological polar surface area (TPSA) is 34.1 Å². The second-order valence-electron chi connectivity index (χ2n) is 3.44. The number of aromatic nitrogens is 1. The minimum atomic E-state index is 0.544. The molecule has 1 aromatic heterocycles. The predicted octanol–water partition coefficient (Wildman–Crippen LogP) is 2.45. The second-order valence-corrected chi connectivity index (χ2v) is 4.67. The van der Waals surface area contributed by atoms with Crippen molar-refractivity contribution in [3.63, 3.8) is 0 Å². The molecule has 0 atom stereocenters. The standard InChI is InChI=1S/C9H13ClN2OS/c1-13-9-8(10)7(14-12-9)5-11-6-3-2-4-6/h6,11H,2-5H2,1H3. The van der Waals surface area contributed by atoms with E-state index in [9.17, 15) is 0 Å². The fourth-order valence-corrected chi connectivity index (χ4v) is 2.40. The third kappa shape index (κ3) is 2.02. The highest BCUT2D eigenvalue weighted by Crippen LogP contribution is 2.31. The zero-order valence-electron chi connectivity index (χ0n) is 8.05. The van der Waals surface area contributed by atoms with Crippen molar-refractivity contribution in [2.75, 3.05) is 7.11 Å². The molecule has 1 fully saturated rings. The lowest BCUT2D eigenvalue weighted by Crippen LogP contribution is -2.34. The highest BCUT2D eigenvalue weighted by Gasteiger charge is 2.18. The maximum Gasteiger partial charge on any atom is 0.244 e. The van der Waals surface area contributed by atoms with Crippen LogP contribution in [0, 0.1) is 0 Å². The van der Waals surface area contributed by atoms with Crippen LogP contribution in [-0.2, 0) is 6.54 Å². The molecule has 1 N–H and O–H groups in total. The van der Waals surface area contributed by atoms with Gasteiger partial charge in [-0.25, -0.2) is 0 Å². The van der Waals surface area contributed by atoms with Crippen LogP contribution in [0.3, 0.4) is 0 Å². The van der Waals surface area contributed by atoms with Crippen LogP contribution in [0.5, 0.6) is 5.88 Å². The summed E-state index contributed by atoms with van der Waals surface area (Å²) in [7, 11) is 1.59. The van der Waals surface area contributed by atoms with E-state index in [1.165, 1.54) is 30.8 Å². The molecule has 2 rings (SSSR count). The number of rotatable bonds is 4. The predicted molar refractivity (Wildman–Crippen MR) is 58.2 cm³/mol. The van der Waals surface area contributed by atoms with Gasteiger partial charge in [0, 0.05) is 12.6 Å². The highest BCUT2D eigenvalue weighted by atomic mass is 35.5. The number of hydrogen-bond donors (Lipinski definition) is 1. The average molecular weight is 233 g/mol. The molecule has 1 heterocycles. The Morgan fingerprint density at radius 2 is 2.43 bits per heavy atom. The third-order valence-electron chi connectivity index (χ3n) is 2.52. The van der Waals surface area contributed by atoms with Crippen LogP contribution in [0.2, 0.25) is 5.02 Å². The normalized spacial score (nSPS) is 16.7. The largest absolute Gasteiger partial charge is 0.479 e. The molecule has 0 amide bonds. The summed E-state index contributed by atoms with van der Waals surface area (Å²) < 4.78 is 9.12. The number of methoxy groups -OCH3 is 1. The molecule has 1 saturated carbocycles. The maximum absolute atomic E-state index is 6.05. The van der Waals surface area contributed by atoms with Crippen LogP contribution in [0.4, 0.5) is 0 Å². The van der Waals surface area contributed by atoms with E-state index in [2.05, 4.69) is 9.69 Å². The minimum absolute atomic E-state index is 0.544. The number of hydrogen-bond acceptors (Lipinski definition) is 4. The lowest BCUT2D eigenvalue weighted by Gasteiger charge is -2.26. The molecule has 0 aromatic carbocycles. The maximum atomic E-state index is 6.05. The van der Waals surface area contributed by atoms with Crippen molar-refractivity contribution < 1.29 is 4.74 Å². The van der Waals surface area contributed by atoms with Gasteiger partial charge in [0.05, 0.1) is 12.0 Å². The van der Waals surface area contributed by atoms with Gasteiger partial charge in [-0.15, -0.1) is 0 Å². The first-order valence-corrected chi connectivity index (χ1v) is 5.88. The molecule has 1 aromatic rings. The van der Waals surface area contributed by atoms with Gasteiger partial charge in [-0.3, -0.25) is 0 Å². The number of nitrogens with one attached hydrogen (secondary N) is 1. The van der Waals surface area contributed by atoms with E-state index in [-0.39, 0.29) is 0 Å². The van der Waals surface area contributed by atoms with Gasteiger partial charge >= 0.3 is 0 Å². The molecule has 1 aliphatic carbocycles. The first-order valence-electron chi connectivity index (χ1n) is 4.72. The van der Waals surface area contributed by atoms with E-state index in [4.69, 9.17) is 16.3 Å². The molecule has 0 spiro atoms. The summed E-state index contributed by atoms with van der Waals surface area (Å²) >= 11 is 7.46. The van der Waals surface area contributed by atoms with Gasteiger partial charge in [-0.1, -0.05) is 18.0 Å². The molecule has 5 heteroatoms. The second kappa shape index (κ2) is 4.47. The Bertz CT molecular complexity index is 312. The molecule has 0 aliphatic heterocycles. The smallest absolute Gasteiger partial charge is 0.244 e. The molecule has 0 radical (unpaired) electrons. The van der Waals surface area contributed by atoms with E-state index >= 15 is 0 Å². The molecule has 14 heavy (non-hydrogen) atoms. The summed E-state index contributed by atoms with van der Waals surface area (Å²) in [5.74, 6) is 0.544. The fourth-order valence-electron chi connectivity index (χ4n) is 1.38. The Morgan fingerprint density at radius 3 is 2.93 bits per heavy atom. The summed E-state index contributed by atoms with van der Waals surface area (Å²) in [6.07, 6.45) is 3.92. The lowest BCUT2D eigenvalue weighted by molar-refractivity contribution is 0.339. The van der Waals surface area contributed by atoms with Crippen molar-refractivity contribution in [2.45, 2.75) is 31.8 Å². The van der Waals surface area contributed by atoms with Crippen molar-refractivity contribution in [1.29, 1.82) is 0 Å². The zero-order chi connectivity index (χ0) is 9.97. The van der Waals surface area contributed by atoms with Crippen molar-refractivity contribution in [3.8, 4) is 5.88 Å². The van der Waals surface area contributed by atoms with E-state index in [0.717, 1.165) is 11.4 Å². The van der Waals surface area contributed by atoms with Crippen molar-refractivity contribution >= 4 is 23.1 Å². The van der Waals surface area contributed by atoms with Crippen LogP contribution >= 0.6 is 23.1 Å². The average Bonchev–Trinajstić information content (AvgIpc) is 2.45. The van der Waals surface area contributed by atoms with Gasteiger partial charge in [0.15, 0.2) is 0 Å². The molecule has 3 nitrogen and oxygen atoms in total. The lowest BCUT2D eigenvalue weighted by atomic mass is 9.93. The van der Waals surface area contributed by atoms with Crippen LogP contribution < -0.4 is 10.1 Å². The number of nitrogens with zero attached hydrogens (tertiary/aromatic N) is 1. The van der Waals surface area contributed by atoms with E-state index < -0.39 is 0 Å². The van der Waals surface area contributed by atoms with Gasteiger partial charge in [0.1, 0.15) is 5.02 Å². The van der Waals surface area contributed by atoms with Gasteiger partial charge in [-0.05, 0) is 24.4 Å². The van der Waals surface area contributed by atoms with Crippen LogP contribution in [0.1, 0.15) is 24.1 Å². The monoisotopic (exact) mass is 232 g/mol.